The van der Waals surface area contributed by atoms with Crippen molar-refractivity contribution in [3.05, 3.63) is 29.8 Å². The third-order valence-electron chi connectivity index (χ3n) is 2.94. The molecule has 0 aliphatic heterocycles. The molecule has 1 atom stereocenters. The first-order valence-corrected chi connectivity index (χ1v) is 9.05. The van der Waals surface area contributed by atoms with Gasteiger partial charge in [-0.15, -0.1) is 0 Å². The van der Waals surface area contributed by atoms with Crippen LogP contribution in [0.5, 0.6) is 0 Å². The van der Waals surface area contributed by atoms with E-state index in [2.05, 4.69) is 10.0 Å². The zero-order chi connectivity index (χ0) is 17.6. The zero-order valence-corrected chi connectivity index (χ0v) is 14.2. The number of anilines is 1. The molecule has 0 saturated carbocycles. The molecule has 0 heterocycles. The van der Waals surface area contributed by atoms with Gasteiger partial charge in [-0.1, -0.05) is 26.0 Å². The Kier molecular flexibility index (Phi) is 6.56. The Balaban J connectivity index is 2.73. The van der Waals surface area contributed by atoms with Crippen LogP contribution >= 0.6 is 0 Å². The number of nitrogens with one attached hydrogen (secondary N) is 2. The highest BCUT2D eigenvalue weighted by molar-refractivity contribution is 7.92. The van der Waals surface area contributed by atoms with E-state index in [0.29, 0.717) is 17.7 Å². The smallest absolute Gasteiger partial charge is 0.326 e. The molecule has 3 N–H and O–H groups in total. The summed E-state index contributed by atoms with van der Waals surface area (Å²) in [6, 6.07) is 5.48. The van der Waals surface area contributed by atoms with E-state index in [1.54, 1.807) is 24.3 Å². The van der Waals surface area contributed by atoms with Crippen LogP contribution in [0.1, 0.15) is 25.8 Å². The highest BCUT2D eigenvalue weighted by Gasteiger charge is 2.21. The molecule has 0 saturated heterocycles. The van der Waals surface area contributed by atoms with Gasteiger partial charge in [-0.05, 0) is 30.0 Å². The van der Waals surface area contributed by atoms with E-state index in [-0.39, 0.29) is 12.3 Å². The van der Waals surface area contributed by atoms with E-state index in [1.807, 2.05) is 13.8 Å². The van der Waals surface area contributed by atoms with E-state index in [0.717, 1.165) is 6.26 Å². The maximum Gasteiger partial charge on any atom is 0.326 e. The summed E-state index contributed by atoms with van der Waals surface area (Å²) < 4.78 is 24.7. The fourth-order valence-corrected chi connectivity index (χ4v) is 2.64. The van der Waals surface area contributed by atoms with Crippen molar-refractivity contribution in [1.29, 1.82) is 0 Å². The average molecular weight is 342 g/mol. The number of sulfonamides is 1. The van der Waals surface area contributed by atoms with Crippen LogP contribution in [-0.2, 0) is 26.0 Å². The van der Waals surface area contributed by atoms with Crippen LogP contribution in [0.2, 0.25) is 0 Å². The number of benzene rings is 1. The summed E-state index contributed by atoms with van der Waals surface area (Å²) in [6.07, 6.45) is 1.35. The molecule has 0 fully saturated rings. The summed E-state index contributed by atoms with van der Waals surface area (Å²) >= 11 is 0. The Morgan fingerprint density at radius 1 is 1.26 bits per heavy atom. The maximum atomic E-state index is 12.0. The van der Waals surface area contributed by atoms with Crippen molar-refractivity contribution in [2.24, 2.45) is 5.92 Å². The molecule has 1 rings (SSSR count). The van der Waals surface area contributed by atoms with Gasteiger partial charge in [0.05, 0.1) is 12.7 Å². The van der Waals surface area contributed by atoms with Gasteiger partial charge < -0.3 is 10.4 Å². The first-order valence-electron chi connectivity index (χ1n) is 7.15. The summed E-state index contributed by atoms with van der Waals surface area (Å²) in [7, 11) is -3.39. The second-order valence-electron chi connectivity index (χ2n) is 5.84. The number of rotatable bonds is 8. The Morgan fingerprint density at radius 2 is 1.91 bits per heavy atom. The maximum absolute atomic E-state index is 12.0. The highest BCUT2D eigenvalue weighted by atomic mass is 32.2. The van der Waals surface area contributed by atoms with Gasteiger partial charge in [0.2, 0.25) is 15.9 Å². The van der Waals surface area contributed by atoms with Crippen LogP contribution in [0.3, 0.4) is 0 Å². The Morgan fingerprint density at radius 3 is 2.43 bits per heavy atom. The van der Waals surface area contributed by atoms with Crippen LogP contribution in [-0.4, -0.2) is 37.7 Å². The van der Waals surface area contributed by atoms with Gasteiger partial charge >= 0.3 is 5.97 Å². The highest BCUT2D eigenvalue weighted by Crippen LogP contribution is 2.13. The van der Waals surface area contributed by atoms with E-state index < -0.39 is 27.9 Å². The molecule has 1 amide bonds. The molecule has 1 aromatic rings. The van der Waals surface area contributed by atoms with Gasteiger partial charge in [0.1, 0.15) is 6.04 Å². The molecule has 23 heavy (non-hydrogen) atoms. The van der Waals surface area contributed by atoms with Crippen molar-refractivity contribution in [3.8, 4) is 0 Å². The lowest BCUT2D eigenvalue weighted by molar-refractivity contribution is -0.142. The quantitative estimate of drug-likeness (QED) is 0.657. The van der Waals surface area contributed by atoms with Gasteiger partial charge in [0.15, 0.2) is 0 Å². The fraction of sp³-hybridized carbons (Fsp3) is 0.467. The number of hydrogen-bond acceptors (Lipinski definition) is 4. The minimum atomic E-state index is -3.39. The SMILES string of the molecule is CC(C)C[C@H](NC(=O)Cc1cccc(NS(C)(=O)=O)c1)C(=O)O. The molecule has 0 aromatic heterocycles. The lowest BCUT2D eigenvalue weighted by Crippen LogP contribution is -2.42. The number of carbonyl (C=O) groups is 2. The van der Waals surface area contributed by atoms with Crippen molar-refractivity contribution in [3.63, 3.8) is 0 Å². The third-order valence-corrected chi connectivity index (χ3v) is 3.54. The minimum Gasteiger partial charge on any atom is -0.480 e. The number of carbonyl (C=O) groups excluding carboxylic acids is 1. The molecule has 0 unspecified atom stereocenters. The van der Waals surface area contributed by atoms with Gasteiger partial charge in [-0.2, -0.15) is 0 Å². The molecule has 0 aliphatic carbocycles. The number of carboxylic acids is 1. The van der Waals surface area contributed by atoms with Crippen LogP contribution in [0.4, 0.5) is 5.69 Å². The first-order chi connectivity index (χ1) is 10.6. The Bertz CT molecular complexity index is 670. The topological polar surface area (TPSA) is 113 Å². The summed E-state index contributed by atoms with van der Waals surface area (Å²) in [5.41, 5.74) is 0.944. The largest absolute Gasteiger partial charge is 0.480 e. The van der Waals surface area contributed by atoms with Crippen molar-refractivity contribution in [1.82, 2.24) is 5.32 Å². The lowest BCUT2D eigenvalue weighted by Gasteiger charge is -2.16. The predicted molar refractivity (Wildman–Crippen MR) is 87.6 cm³/mol. The number of amides is 1. The van der Waals surface area contributed by atoms with Gasteiger partial charge in [0, 0.05) is 5.69 Å². The van der Waals surface area contributed by atoms with Crippen LogP contribution in [0.15, 0.2) is 24.3 Å². The molecule has 0 bridgehead atoms. The van der Waals surface area contributed by atoms with Gasteiger partial charge in [-0.25, -0.2) is 13.2 Å². The summed E-state index contributed by atoms with van der Waals surface area (Å²) in [4.78, 5) is 23.1. The van der Waals surface area contributed by atoms with Crippen LogP contribution in [0.25, 0.3) is 0 Å². The summed E-state index contributed by atoms with van der Waals surface area (Å²) in [5.74, 6) is -1.35. The molecule has 7 nitrogen and oxygen atoms in total. The molecule has 8 heteroatoms. The molecule has 0 radical (unpaired) electrons. The molecular weight excluding hydrogens is 320 g/mol. The monoisotopic (exact) mass is 342 g/mol. The first kappa shape index (κ1) is 19.0. The molecule has 1 aromatic carbocycles. The summed E-state index contributed by atoms with van der Waals surface area (Å²) in [6.45, 7) is 3.75. The van der Waals surface area contributed by atoms with E-state index >= 15 is 0 Å². The molecule has 0 spiro atoms. The second kappa shape index (κ2) is 7.96. The van der Waals surface area contributed by atoms with Crippen molar-refractivity contribution >= 4 is 27.6 Å². The van der Waals surface area contributed by atoms with Gasteiger partial charge in [-0.3, -0.25) is 9.52 Å². The van der Waals surface area contributed by atoms with Crippen LogP contribution < -0.4 is 10.0 Å². The second-order valence-corrected chi connectivity index (χ2v) is 7.59. The predicted octanol–water partition coefficient (Wildman–Crippen LogP) is 1.22. The number of aliphatic carboxylic acids is 1. The fourth-order valence-electron chi connectivity index (χ4n) is 2.08. The normalized spacial score (nSPS) is 12.7. The lowest BCUT2D eigenvalue weighted by atomic mass is 10.0. The number of carboxylic acid groups (broad SMARTS) is 1. The summed E-state index contributed by atoms with van der Waals surface area (Å²) in [5, 5.41) is 11.6. The van der Waals surface area contributed by atoms with Crippen molar-refractivity contribution < 1.29 is 23.1 Å². The third kappa shape index (κ3) is 7.64. The average Bonchev–Trinajstić information content (AvgIpc) is 2.35. The molecule has 0 aliphatic rings. The van der Waals surface area contributed by atoms with E-state index in [4.69, 9.17) is 5.11 Å². The van der Waals surface area contributed by atoms with Crippen molar-refractivity contribution in [2.75, 3.05) is 11.0 Å². The zero-order valence-electron chi connectivity index (χ0n) is 13.4. The molecular formula is C15H22N2O5S. The van der Waals surface area contributed by atoms with E-state index in [9.17, 15) is 18.0 Å². The van der Waals surface area contributed by atoms with Gasteiger partial charge in [0.25, 0.3) is 0 Å². The standard InChI is InChI=1S/C15H22N2O5S/c1-10(2)7-13(15(19)20)16-14(18)9-11-5-4-6-12(8-11)17-23(3,21)22/h4-6,8,10,13,17H,7,9H2,1-3H3,(H,16,18)(H,19,20)/t13-/m0/s1. The minimum absolute atomic E-state index is 0.0266. The molecule has 128 valence electrons. The van der Waals surface area contributed by atoms with E-state index in [1.165, 1.54) is 0 Å². The number of hydrogen-bond donors (Lipinski definition) is 3. The Hall–Kier alpha value is -2.09. The van der Waals surface area contributed by atoms with Crippen molar-refractivity contribution in [2.45, 2.75) is 32.7 Å². The van der Waals surface area contributed by atoms with Crippen LogP contribution in [0, 0.1) is 5.92 Å². The Labute approximate surface area is 136 Å².